The van der Waals surface area contributed by atoms with Crippen molar-refractivity contribution < 1.29 is 19.4 Å². The molecular formula is C31H36N2O4S. The summed E-state index contributed by atoms with van der Waals surface area (Å²) in [4.78, 5) is 16.1. The topological polar surface area (TPSA) is 71.0 Å². The molecule has 2 fully saturated rings. The van der Waals surface area contributed by atoms with Crippen molar-refractivity contribution in [3.8, 4) is 11.5 Å². The molecule has 2 amide bonds. The summed E-state index contributed by atoms with van der Waals surface area (Å²) >= 11 is 1.95. The molecule has 0 saturated carbocycles. The Morgan fingerprint density at radius 3 is 2.00 bits per heavy atom. The van der Waals surface area contributed by atoms with Crippen LogP contribution in [0.2, 0.25) is 0 Å². The third kappa shape index (κ3) is 4.74. The third-order valence-electron chi connectivity index (χ3n) is 7.85. The van der Waals surface area contributed by atoms with Crippen LogP contribution in [0.15, 0.2) is 78.9 Å². The zero-order valence-electron chi connectivity index (χ0n) is 22.0. The summed E-state index contributed by atoms with van der Waals surface area (Å²) in [7, 11) is 3.33. The number of unbranched alkanes of at least 4 members (excludes halogenated alkanes) is 2. The smallest absolute Gasteiger partial charge is 0.319 e. The third-order valence-corrected chi connectivity index (χ3v) is 9.34. The van der Waals surface area contributed by atoms with Crippen LogP contribution < -0.4 is 14.8 Å². The van der Waals surface area contributed by atoms with Crippen LogP contribution in [0.25, 0.3) is 0 Å². The predicted molar refractivity (Wildman–Crippen MR) is 152 cm³/mol. The maximum absolute atomic E-state index is 14.0. The average molecular weight is 533 g/mol. The molecule has 0 aliphatic carbocycles. The highest BCUT2D eigenvalue weighted by Crippen LogP contribution is 2.49. The maximum atomic E-state index is 14.0. The van der Waals surface area contributed by atoms with Crippen molar-refractivity contribution in [3.05, 3.63) is 95.6 Å². The van der Waals surface area contributed by atoms with E-state index < -0.39 is 5.54 Å². The highest BCUT2D eigenvalue weighted by Gasteiger charge is 2.57. The van der Waals surface area contributed by atoms with E-state index in [0.29, 0.717) is 5.25 Å². The minimum atomic E-state index is -0.852. The van der Waals surface area contributed by atoms with Gasteiger partial charge in [0, 0.05) is 17.6 Å². The monoisotopic (exact) mass is 532 g/mol. The van der Waals surface area contributed by atoms with E-state index in [1.807, 2.05) is 54.2 Å². The number of urea groups is 1. The van der Waals surface area contributed by atoms with E-state index in [0.717, 1.165) is 59.6 Å². The molecule has 6 nitrogen and oxygen atoms in total. The van der Waals surface area contributed by atoms with E-state index in [4.69, 9.17) is 9.47 Å². The first kappa shape index (κ1) is 26.4. The SMILES string of the molecule is COc1ccc(C(c2ccccc2)(c2ccc(OC)cc2)N2C(=O)N[C@@H]3[C@H](CCCCCO)SC[C@@H]32)cc1. The second kappa shape index (κ2) is 11.7. The molecule has 0 aromatic heterocycles. The number of thioether (sulfide) groups is 1. The van der Waals surface area contributed by atoms with E-state index in [1.54, 1.807) is 14.2 Å². The standard InChI is InChI=1S/C31H36N2O4S/c1-36-25-16-12-23(13-17-25)31(22-9-5-3-6-10-22,24-14-18-26(37-2)19-15-24)33-27-21-38-28(11-7-4-8-20-34)29(27)32-30(33)35/h3,5-6,9-10,12-19,27-29,34H,4,7-8,11,20-21H2,1-2H3,(H,32,35)/t27-,28-,29-/m0/s1. The Bertz CT molecular complexity index is 1160. The quantitative estimate of drug-likeness (QED) is 0.196. The summed E-state index contributed by atoms with van der Waals surface area (Å²) in [6, 6.07) is 26.5. The van der Waals surface area contributed by atoms with Gasteiger partial charge in [-0.25, -0.2) is 4.79 Å². The lowest BCUT2D eigenvalue weighted by molar-refractivity contribution is 0.156. The van der Waals surface area contributed by atoms with Gasteiger partial charge >= 0.3 is 6.03 Å². The van der Waals surface area contributed by atoms with Gasteiger partial charge in [0.1, 0.15) is 17.0 Å². The number of fused-ring (bicyclic) bond motifs is 1. The number of nitrogens with zero attached hydrogens (tertiary/aromatic N) is 1. The van der Waals surface area contributed by atoms with Crippen LogP contribution in [0.1, 0.15) is 42.4 Å². The minimum Gasteiger partial charge on any atom is -0.497 e. The number of rotatable bonds is 11. The van der Waals surface area contributed by atoms with Crippen molar-refractivity contribution in [2.45, 2.75) is 48.6 Å². The fraction of sp³-hybridized carbons (Fsp3) is 0.387. The number of carbonyl (C=O) groups is 1. The highest BCUT2D eigenvalue weighted by atomic mass is 32.2. The van der Waals surface area contributed by atoms with Crippen molar-refractivity contribution in [2.75, 3.05) is 26.6 Å². The first-order valence-electron chi connectivity index (χ1n) is 13.3. The number of aliphatic hydroxyl groups excluding tert-OH is 1. The molecule has 2 heterocycles. The van der Waals surface area contributed by atoms with Crippen LogP contribution in [0, 0.1) is 0 Å². The van der Waals surface area contributed by atoms with Crippen LogP contribution in [0.4, 0.5) is 4.79 Å². The van der Waals surface area contributed by atoms with Crippen molar-refractivity contribution in [2.24, 2.45) is 0 Å². The lowest BCUT2D eigenvalue weighted by Gasteiger charge is -2.45. The largest absolute Gasteiger partial charge is 0.497 e. The molecular weight excluding hydrogens is 496 g/mol. The molecule has 5 rings (SSSR count). The normalized spacial score (nSPS) is 20.8. The number of ether oxygens (including phenoxy) is 2. The molecule has 0 spiro atoms. The van der Waals surface area contributed by atoms with Gasteiger partial charge in [0.2, 0.25) is 0 Å². The van der Waals surface area contributed by atoms with Gasteiger partial charge in [-0.15, -0.1) is 0 Å². The fourth-order valence-corrected chi connectivity index (χ4v) is 7.61. The second-order valence-electron chi connectivity index (χ2n) is 9.89. The van der Waals surface area contributed by atoms with Crippen LogP contribution >= 0.6 is 11.8 Å². The maximum Gasteiger partial charge on any atom is 0.319 e. The van der Waals surface area contributed by atoms with Gasteiger partial charge in [-0.3, -0.25) is 0 Å². The van der Waals surface area contributed by atoms with Gasteiger partial charge in [-0.2, -0.15) is 11.8 Å². The Morgan fingerprint density at radius 2 is 1.45 bits per heavy atom. The summed E-state index contributed by atoms with van der Waals surface area (Å²) in [6.45, 7) is 0.234. The summed E-state index contributed by atoms with van der Waals surface area (Å²) in [5, 5.41) is 12.9. The molecule has 2 aliphatic rings. The predicted octanol–water partition coefficient (Wildman–Crippen LogP) is 5.43. The van der Waals surface area contributed by atoms with Gasteiger partial charge in [0.05, 0.1) is 26.3 Å². The fourth-order valence-electron chi connectivity index (χ4n) is 6.02. The number of aliphatic hydroxyl groups is 1. The molecule has 7 heteroatoms. The first-order chi connectivity index (χ1) is 18.6. The lowest BCUT2D eigenvalue weighted by atomic mass is 9.74. The molecule has 3 aromatic rings. The molecule has 2 aliphatic heterocycles. The molecule has 3 atom stereocenters. The van der Waals surface area contributed by atoms with Crippen LogP contribution in [-0.2, 0) is 5.54 Å². The lowest BCUT2D eigenvalue weighted by Crippen LogP contribution is -2.53. The Balaban J connectivity index is 1.65. The van der Waals surface area contributed by atoms with Gasteiger partial charge in [-0.1, -0.05) is 67.4 Å². The zero-order valence-corrected chi connectivity index (χ0v) is 22.8. The number of methoxy groups -OCH3 is 2. The Labute approximate surface area is 229 Å². The summed E-state index contributed by atoms with van der Waals surface area (Å²) < 4.78 is 11.0. The van der Waals surface area contributed by atoms with Gasteiger partial charge < -0.3 is 24.8 Å². The van der Waals surface area contributed by atoms with Gasteiger partial charge in [0.15, 0.2) is 0 Å². The average Bonchev–Trinajstić information content (AvgIpc) is 3.51. The van der Waals surface area contributed by atoms with E-state index in [1.165, 1.54) is 0 Å². The van der Waals surface area contributed by atoms with E-state index >= 15 is 0 Å². The Hall–Kier alpha value is -3.16. The minimum absolute atomic E-state index is 0.0275. The molecule has 2 N–H and O–H groups in total. The first-order valence-corrected chi connectivity index (χ1v) is 14.3. The molecule has 0 bridgehead atoms. The van der Waals surface area contributed by atoms with E-state index in [2.05, 4.69) is 46.6 Å². The molecule has 3 aromatic carbocycles. The summed E-state index contributed by atoms with van der Waals surface area (Å²) in [5.41, 5.74) is 2.18. The Kier molecular flexibility index (Phi) is 8.15. The molecule has 38 heavy (non-hydrogen) atoms. The number of nitrogens with one attached hydrogen (secondary N) is 1. The number of carbonyl (C=O) groups excluding carboxylic acids is 1. The van der Waals surface area contributed by atoms with E-state index in [-0.39, 0.29) is 24.7 Å². The summed E-state index contributed by atoms with van der Waals surface area (Å²) in [6.07, 6.45) is 3.92. The van der Waals surface area contributed by atoms with Crippen molar-refractivity contribution in [3.63, 3.8) is 0 Å². The van der Waals surface area contributed by atoms with Crippen molar-refractivity contribution in [1.29, 1.82) is 0 Å². The number of amides is 2. The van der Waals surface area contributed by atoms with Crippen LogP contribution in [0.5, 0.6) is 11.5 Å². The van der Waals surface area contributed by atoms with Gasteiger partial charge in [0.25, 0.3) is 0 Å². The van der Waals surface area contributed by atoms with Crippen LogP contribution in [0.3, 0.4) is 0 Å². The Morgan fingerprint density at radius 1 is 0.868 bits per heavy atom. The number of hydrogen-bond donors (Lipinski definition) is 2. The number of hydrogen-bond acceptors (Lipinski definition) is 5. The molecule has 0 radical (unpaired) electrons. The van der Waals surface area contributed by atoms with Gasteiger partial charge in [-0.05, 0) is 53.8 Å². The molecule has 200 valence electrons. The highest BCUT2D eigenvalue weighted by molar-refractivity contribution is 8.00. The van der Waals surface area contributed by atoms with Crippen molar-refractivity contribution in [1.82, 2.24) is 10.2 Å². The summed E-state index contributed by atoms with van der Waals surface area (Å²) in [5.74, 6) is 2.41. The van der Waals surface area contributed by atoms with Crippen molar-refractivity contribution >= 4 is 17.8 Å². The molecule has 2 saturated heterocycles. The zero-order chi connectivity index (χ0) is 26.5. The molecule has 0 unspecified atom stereocenters. The second-order valence-corrected chi connectivity index (χ2v) is 11.2. The van der Waals surface area contributed by atoms with Crippen LogP contribution in [-0.4, -0.2) is 60.0 Å². The van der Waals surface area contributed by atoms with E-state index in [9.17, 15) is 9.90 Å². The number of benzene rings is 3.